The summed E-state index contributed by atoms with van der Waals surface area (Å²) in [5.74, 6) is 4.69. The van der Waals surface area contributed by atoms with Gasteiger partial charge in [-0.2, -0.15) is 10.2 Å². The highest BCUT2D eigenvalue weighted by molar-refractivity contribution is 9.10. The first kappa shape index (κ1) is 57.0. The highest BCUT2D eigenvalue weighted by Crippen LogP contribution is 2.44. The van der Waals surface area contributed by atoms with Gasteiger partial charge in [-0.3, -0.25) is 19.0 Å². The summed E-state index contributed by atoms with van der Waals surface area (Å²) in [5, 5.41) is 26.9. The molecule has 2 heterocycles. The van der Waals surface area contributed by atoms with Gasteiger partial charge in [0.2, 0.25) is 0 Å². The number of hydrogen-bond acceptors (Lipinski definition) is 12. The van der Waals surface area contributed by atoms with E-state index in [-0.39, 0.29) is 0 Å². The normalized spacial score (nSPS) is 10.9. The predicted molar refractivity (Wildman–Crippen MR) is 313 cm³/mol. The Morgan fingerprint density at radius 1 is 0.388 bits per heavy atom. The van der Waals surface area contributed by atoms with E-state index >= 15 is 0 Å². The molecule has 10 rings (SSSR count). The highest BCUT2D eigenvalue weighted by atomic mass is 79.9. The van der Waals surface area contributed by atoms with Gasteiger partial charge >= 0.3 is 7.12 Å². The van der Waals surface area contributed by atoms with Crippen molar-refractivity contribution in [3.63, 3.8) is 0 Å². The van der Waals surface area contributed by atoms with E-state index in [2.05, 4.69) is 88.7 Å². The molecule has 14 nitrogen and oxygen atoms in total. The smallest absolute Gasteiger partial charge is 0.488 e. The van der Waals surface area contributed by atoms with Gasteiger partial charge in [0.25, 0.3) is 0 Å². The molecule has 0 fully saturated rings. The number of ether oxygens (including phenoxy) is 6. The summed E-state index contributed by atoms with van der Waals surface area (Å²) < 4.78 is 37.4. The maximum atomic E-state index is 11.2. The molecule has 2 N–H and O–H groups in total. The molecule has 0 aliphatic rings. The van der Waals surface area contributed by atoms with Gasteiger partial charge < -0.3 is 38.5 Å². The molecule has 10 aromatic rings. The first-order chi connectivity index (χ1) is 39.0. The lowest BCUT2D eigenvalue weighted by atomic mass is 9.77. The zero-order chi connectivity index (χ0) is 56.7. The van der Waals surface area contributed by atoms with E-state index in [1.807, 2.05) is 125 Å². The molecule has 0 bridgehead atoms. The van der Waals surface area contributed by atoms with Crippen molar-refractivity contribution < 1.29 is 48.1 Å². The van der Waals surface area contributed by atoms with E-state index < -0.39 is 18.2 Å². The van der Waals surface area contributed by atoms with Gasteiger partial charge in [-0.05, 0) is 133 Å². The van der Waals surface area contributed by atoms with Crippen LogP contribution in [-0.4, -0.2) is 92.0 Å². The van der Waals surface area contributed by atoms with Crippen molar-refractivity contribution in [3.05, 3.63) is 268 Å². The van der Waals surface area contributed by atoms with E-state index in [1.54, 1.807) is 48.9 Å². The maximum Gasteiger partial charge on any atom is 0.488 e. The summed E-state index contributed by atoms with van der Waals surface area (Å²) in [5.41, 5.74) is 8.01. The van der Waals surface area contributed by atoms with Crippen LogP contribution < -0.4 is 33.9 Å². The number of carbonyl (C=O) groups is 2. The van der Waals surface area contributed by atoms with Crippen LogP contribution in [0.4, 0.5) is 0 Å². The SMILES string of the molecule is COc1ccc(C(c2ccc(OC)cc2)(c2ccc(OC)cc2)n2cc(-c3ccc(C=O)cc3)cn2)cc1.COc1ccc(C(c2ccc(OC)cc2)(c2ccc(OC)cc2)n2cc(Br)cn2)cc1.O=Cc1ccc(B(O)O)cc1. The summed E-state index contributed by atoms with van der Waals surface area (Å²) >= 11 is 3.57. The molecule has 8 aromatic carbocycles. The third kappa shape index (κ3) is 12.2. The van der Waals surface area contributed by atoms with Crippen LogP contribution in [0.1, 0.15) is 54.1 Å². The molecule has 0 aliphatic heterocycles. The van der Waals surface area contributed by atoms with Crippen molar-refractivity contribution in [2.24, 2.45) is 0 Å². The van der Waals surface area contributed by atoms with E-state index in [1.165, 1.54) is 24.3 Å². The first-order valence-corrected chi connectivity index (χ1v) is 25.9. The zero-order valence-electron chi connectivity index (χ0n) is 44.8. The summed E-state index contributed by atoms with van der Waals surface area (Å²) in [7, 11) is 8.51. The van der Waals surface area contributed by atoms with Gasteiger partial charge in [0.1, 0.15) is 58.1 Å². The number of halogens is 1. The van der Waals surface area contributed by atoms with Crippen LogP contribution in [0.3, 0.4) is 0 Å². The number of aldehydes is 2. The molecule has 0 aliphatic carbocycles. The van der Waals surface area contributed by atoms with Crippen LogP contribution in [0, 0.1) is 0 Å². The second kappa shape index (κ2) is 26.4. The third-order valence-corrected chi connectivity index (χ3v) is 14.0. The van der Waals surface area contributed by atoms with Crippen molar-refractivity contribution in [1.82, 2.24) is 19.6 Å². The van der Waals surface area contributed by atoms with Gasteiger partial charge in [-0.25, -0.2) is 0 Å². The van der Waals surface area contributed by atoms with E-state index in [0.29, 0.717) is 22.9 Å². The summed E-state index contributed by atoms with van der Waals surface area (Å²) in [4.78, 5) is 21.3. The van der Waals surface area contributed by atoms with Gasteiger partial charge in [-0.15, -0.1) is 0 Å². The minimum Gasteiger partial charge on any atom is -0.497 e. The Morgan fingerprint density at radius 2 is 0.662 bits per heavy atom. The maximum absolute atomic E-state index is 11.2. The van der Waals surface area contributed by atoms with Crippen LogP contribution in [0.15, 0.2) is 223 Å². The molecule has 0 atom stereocenters. The standard InChI is InChI=1S/C32H28N2O4.C25H23BrN2O3.C7H7BO3/c1-36-29-14-8-26(9-15-29)32(27-10-16-30(37-2)17-11-27,28-12-18-31(38-3)19-13-28)34-21-25(20-33-34)24-6-4-23(22-35)5-7-24;1-29-22-10-4-18(5-11-22)25(28-17-21(26)16-27-28,19-6-12-23(30-2)13-7-19)20-8-14-24(31-3)15-9-20;9-5-6-1-3-7(4-2-6)8(10)11/h4-22H,1-3H3;4-17H,1-3H3;1-5,10-11H. The molecular weight excluding hydrogens is 1080 g/mol. The molecule has 0 unspecified atom stereocenters. The fourth-order valence-corrected chi connectivity index (χ4v) is 9.71. The van der Waals surface area contributed by atoms with Crippen LogP contribution in [0.2, 0.25) is 0 Å². The lowest BCUT2D eigenvalue weighted by Crippen LogP contribution is -2.38. The Labute approximate surface area is 473 Å². The average molecular weight is 1130 g/mol. The number of hydrogen-bond donors (Lipinski definition) is 2. The summed E-state index contributed by atoms with van der Waals surface area (Å²) in [6.45, 7) is 0. The molecule has 0 amide bonds. The van der Waals surface area contributed by atoms with E-state index in [9.17, 15) is 9.59 Å². The molecule has 0 radical (unpaired) electrons. The Bertz CT molecular complexity index is 3330. The third-order valence-electron chi connectivity index (χ3n) is 13.6. The van der Waals surface area contributed by atoms with E-state index in [4.69, 9.17) is 48.7 Å². The fourth-order valence-electron chi connectivity index (χ4n) is 9.43. The summed E-state index contributed by atoms with van der Waals surface area (Å²) in [6, 6.07) is 61.9. The molecule has 0 saturated carbocycles. The highest BCUT2D eigenvalue weighted by Gasteiger charge is 2.41. The Kier molecular flexibility index (Phi) is 18.8. The van der Waals surface area contributed by atoms with Gasteiger partial charge in [-0.1, -0.05) is 121 Å². The molecule has 0 spiro atoms. The number of rotatable bonds is 18. The second-order valence-electron chi connectivity index (χ2n) is 18.0. The lowest BCUT2D eigenvalue weighted by Gasteiger charge is -2.36. The largest absolute Gasteiger partial charge is 0.497 e. The molecule has 0 saturated heterocycles. The van der Waals surface area contributed by atoms with Crippen molar-refractivity contribution in [1.29, 1.82) is 0 Å². The van der Waals surface area contributed by atoms with Crippen LogP contribution in [0.25, 0.3) is 11.1 Å². The van der Waals surface area contributed by atoms with Crippen LogP contribution >= 0.6 is 15.9 Å². The second-order valence-corrected chi connectivity index (χ2v) is 18.9. The quantitative estimate of drug-likeness (QED) is 0.0475. The number of nitrogens with zero attached hydrogens (tertiary/aromatic N) is 4. The molecule has 2 aromatic heterocycles. The topological polar surface area (TPSA) is 166 Å². The van der Waals surface area contributed by atoms with Gasteiger partial charge in [0.15, 0.2) is 0 Å². The minimum absolute atomic E-state index is 0.385. The average Bonchev–Trinajstić information content (AvgIpc) is 4.37. The zero-order valence-corrected chi connectivity index (χ0v) is 46.4. The number of carbonyl (C=O) groups excluding carboxylic acids is 2. The van der Waals surface area contributed by atoms with Crippen molar-refractivity contribution >= 4 is 41.1 Å². The Morgan fingerprint density at radius 3 is 0.912 bits per heavy atom. The van der Waals surface area contributed by atoms with E-state index in [0.717, 1.165) is 89.8 Å². The van der Waals surface area contributed by atoms with Gasteiger partial charge in [0, 0.05) is 29.1 Å². The minimum atomic E-state index is -1.46. The van der Waals surface area contributed by atoms with Crippen molar-refractivity contribution in [2.45, 2.75) is 11.1 Å². The van der Waals surface area contributed by atoms with Crippen molar-refractivity contribution in [2.75, 3.05) is 42.7 Å². The molecule has 80 heavy (non-hydrogen) atoms. The molecule has 16 heteroatoms. The lowest BCUT2D eigenvalue weighted by molar-refractivity contribution is 0.111. The van der Waals surface area contributed by atoms with Crippen LogP contribution in [0.5, 0.6) is 34.5 Å². The fraction of sp³-hybridized carbons (Fsp3) is 0.125. The summed E-state index contributed by atoms with van der Waals surface area (Å²) in [6.07, 6.45) is 9.21. The molecular formula is C64H58BBrN4O10. The molecule has 404 valence electrons. The first-order valence-electron chi connectivity index (χ1n) is 25.1. The van der Waals surface area contributed by atoms with Gasteiger partial charge in [0.05, 0.1) is 59.5 Å². The number of aromatic nitrogens is 4. The van der Waals surface area contributed by atoms with Crippen LogP contribution in [-0.2, 0) is 11.1 Å². The number of benzene rings is 8. The predicted octanol–water partition coefficient (Wildman–Crippen LogP) is 10.9. The number of methoxy groups -OCH3 is 6. The van der Waals surface area contributed by atoms with Crippen molar-refractivity contribution in [3.8, 4) is 45.6 Å². The Balaban J connectivity index is 0.000000179. The monoisotopic (exact) mass is 1130 g/mol. The Hall–Kier alpha value is -9.22.